The summed E-state index contributed by atoms with van der Waals surface area (Å²) >= 11 is 3.95. The van der Waals surface area contributed by atoms with Gasteiger partial charge < -0.3 is 10.6 Å². The van der Waals surface area contributed by atoms with E-state index < -0.39 is 0 Å². The largest absolute Gasteiger partial charge is 0.368 e. The molecule has 3 atom stereocenters. The Morgan fingerprint density at radius 1 is 1.05 bits per heavy atom. The van der Waals surface area contributed by atoms with E-state index in [0.717, 1.165) is 31.4 Å². The van der Waals surface area contributed by atoms with E-state index in [2.05, 4.69) is 97.6 Å². The number of allylic oxidation sites excluding steroid dienone is 2. The molecular formula is C36H53BrN2O. The lowest BCUT2D eigenvalue weighted by atomic mass is 9.80. The molecule has 0 spiro atoms. The molecule has 0 bridgehead atoms. The van der Waals surface area contributed by atoms with Crippen molar-refractivity contribution in [2.75, 3.05) is 0 Å². The first kappa shape index (κ1) is 33.9. The fourth-order valence-corrected chi connectivity index (χ4v) is 6.71. The number of halogens is 1. The van der Waals surface area contributed by atoms with E-state index in [1.807, 2.05) is 27.7 Å². The number of nitrogens with two attached hydrogens (primary N) is 1. The van der Waals surface area contributed by atoms with Crippen LogP contribution in [0.4, 0.5) is 0 Å². The molecule has 3 nitrogen and oxygen atoms in total. The summed E-state index contributed by atoms with van der Waals surface area (Å²) in [5.74, 6) is 1.08. The molecule has 0 aromatic heterocycles. The first-order chi connectivity index (χ1) is 19.3. The quantitative estimate of drug-likeness (QED) is 0.260. The van der Waals surface area contributed by atoms with Gasteiger partial charge in [0.25, 0.3) is 0 Å². The maximum atomic E-state index is 13.0. The van der Waals surface area contributed by atoms with Crippen LogP contribution in [0.3, 0.4) is 0 Å². The topological polar surface area (TPSA) is 46.3 Å². The number of carbonyl (C=O) groups is 1. The summed E-state index contributed by atoms with van der Waals surface area (Å²) < 4.78 is 1.18. The van der Waals surface area contributed by atoms with Crippen molar-refractivity contribution in [3.05, 3.63) is 82.6 Å². The number of primary amides is 1. The number of hydrogen-bond acceptors (Lipinski definition) is 2. The van der Waals surface area contributed by atoms with Crippen LogP contribution in [0.1, 0.15) is 109 Å². The number of fused-ring (bicyclic) bond motifs is 1. The van der Waals surface area contributed by atoms with E-state index in [1.165, 1.54) is 50.7 Å². The molecule has 2 aliphatic carbocycles. The van der Waals surface area contributed by atoms with Crippen LogP contribution in [0.5, 0.6) is 0 Å². The second kappa shape index (κ2) is 16.2. The highest BCUT2D eigenvalue weighted by atomic mass is 79.9. The fraction of sp³-hybridized carbons (Fsp3) is 0.528. The average Bonchev–Trinajstić information content (AvgIpc) is 3.78. The molecule has 4 heteroatoms. The molecule has 2 aliphatic rings. The Kier molecular flexibility index (Phi) is 13.7. The average molecular weight is 610 g/mol. The zero-order chi connectivity index (χ0) is 30.0. The smallest absolute Gasteiger partial charge is 0.240 e. The van der Waals surface area contributed by atoms with E-state index >= 15 is 0 Å². The Morgan fingerprint density at radius 3 is 2.25 bits per heavy atom. The third-order valence-corrected chi connectivity index (χ3v) is 9.30. The van der Waals surface area contributed by atoms with Gasteiger partial charge >= 0.3 is 0 Å². The number of rotatable bonds is 12. The van der Waals surface area contributed by atoms with Gasteiger partial charge in [-0.1, -0.05) is 105 Å². The van der Waals surface area contributed by atoms with Gasteiger partial charge in [0, 0.05) is 16.7 Å². The third-order valence-electron chi connectivity index (χ3n) is 8.39. The minimum absolute atomic E-state index is 0.220. The van der Waals surface area contributed by atoms with E-state index in [0.29, 0.717) is 18.4 Å². The van der Waals surface area contributed by atoms with Crippen molar-refractivity contribution in [1.82, 2.24) is 4.90 Å². The molecule has 1 amide bonds. The molecule has 0 saturated heterocycles. The normalized spacial score (nSPS) is 16.0. The van der Waals surface area contributed by atoms with Gasteiger partial charge in [-0.3, -0.25) is 4.79 Å². The first-order valence-corrected chi connectivity index (χ1v) is 16.4. The van der Waals surface area contributed by atoms with Gasteiger partial charge in [-0.05, 0) is 105 Å². The molecular weight excluding hydrogens is 556 g/mol. The molecule has 0 aliphatic heterocycles. The summed E-state index contributed by atoms with van der Waals surface area (Å²) in [7, 11) is 0. The SMILES string of the molecule is C=C(CC)N(Cc1ccc2c(c1)C(Br)=C(c1ccccc1CC)C2)C(C(N)=O)C(C(C)CC)C1CC1.CC.CC. The first-order valence-electron chi connectivity index (χ1n) is 15.6. The van der Waals surface area contributed by atoms with Gasteiger partial charge in [-0.25, -0.2) is 0 Å². The van der Waals surface area contributed by atoms with Crippen LogP contribution >= 0.6 is 15.9 Å². The number of aryl methyl sites for hydroxylation is 1. The van der Waals surface area contributed by atoms with Crippen molar-refractivity contribution in [1.29, 1.82) is 0 Å². The number of benzene rings is 2. The Hall–Kier alpha value is -2.33. The van der Waals surface area contributed by atoms with Crippen molar-refractivity contribution in [2.24, 2.45) is 23.5 Å². The summed E-state index contributed by atoms with van der Waals surface area (Å²) in [5.41, 5.74) is 15.0. The van der Waals surface area contributed by atoms with Crippen LogP contribution in [-0.2, 0) is 24.2 Å². The Morgan fingerprint density at radius 2 is 1.70 bits per heavy atom. The fourth-order valence-electron chi connectivity index (χ4n) is 5.99. The summed E-state index contributed by atoms with van der Waals surface area (Å²) in [4.78, 5) is 15.2. The van der Waals surface area contributed by atoms with Gasteiger partial charge in [0.15, 0.2) is 0 Å². The molecule has 1 fully saturated rings. The van der Waals surface area contributed by atoms with Crippen molar-refractivity contribution in [3.8, 4) is 0 Å². The van der Waals surface area contributed by atoms with Crippen LogP contribution in [0.25, 0.3) is 10.1 Å². The van der Waals surface area contributed by atoms with E-state index in [4.69, 9.17) is 5.73 Å². The molecule has 2 N–H and O–H groups in total. The minimum atomic E-state index is -0.320. The highest BCUT2D eigenvalue weighted by Crippen LogP contribution is 2.46. The number of amides is 1. The van der Waals surface area contributed by atoms with Crippen molar-refractivity contribution < 1.29 is 4.79 Å². The van der Waals surface area contributed by atoms with Crippen LogP contribution in [-0.4, -0.2) is 16.8 Å². The minimum Gasteiger partial charge on any atom is -0.368 e. The van der Waals surface area contributed by atoms with Crippen molar-refractivity contribution in [3.63, 3.8) is 0 Å². The lowest BCUT2D eigenvalue weighted by molar-refractivity contribution is -0.126. The second-order valence-corrected chi connectivity index (χ2v) is 11.5. The zero-order valence-corrected chi connectivity index (χ0v) is 27.9. The maximum absolute atomic E-state index is 13.0. The van der Waals surface area contributed by atoms with Crippen LogP contribution in [0, 0.1) is 17.8 Å². The van der Waals surface area contributed by atoms with Crippen molar-refractivity contribution in [2.45, 2.75) is 107 Å². The molecule has 4 rings (SSSR count). The van der Waals surface area contributed by atoms with Crippen LogP contribution < -0.4 is 5.73 Å². The van der Waals surface area contributed by atoms with E-state index in [9.17, 15) is 4.79 Å². The van der Waals surface area contributed by atoms with E-state index in [1.54, 1.807) is 0 Å². The van der Waals surface area contributed by atoms with Gasteiger partial charge in [0.1, 0.15) is 6.04 Å². The Labute approximate surface area is 253 Å². The Balaban J connectivity index is 0.00000134. The van der Waals surface area contributed by atoms with Crippen LogP contribution in [0.2, 0.25) is 0 Å². The number of carbonyl (C=O) groups excluding carboxylic acids is 1. The summed E-state index contributed by atoms with van der Waals surface area (Å²) in [6.07, 6.45) is 6.19. The highest BCUT2D eigenvalue weighted by molar-refractivity contribution is 9.15. The van der Waals surface area contributed by atoms with Crippen LogP contribution in [0.15, 0.2) is 54.7 Å². The number of nitrogens with zero attached hydrogens (tertiary/aromatic N) is 1. The molecule has 220 valence electrons. The maximum Gasteiger partial charge on any atom is 0.240 e. The Bertz CT molecular complexity index is 1160. The lowest BCUT2D eigenvalue weighted by Crippen LogP contribution is -2.50. The molecule has 1 saturated carbocycles. The van der Waals surface area contributed by atoms with E-state index in [-0.39, 0.29) is 17.9 Å². The van der Waals surface area contributed by atoms with Crippen molar-refractivity contribution >= 4 is 31.9 Å². The molecule has 2 aromatic rings. The molecule has 40 heavy (non-hydrogen) atoms. The van der Waals surface area contributed by atoms with Gasteiger partial charge in [-0.15, -0.1) is 0 Å². The van der Waals surface area contributed by atoms with Gasteiger partial charge in [-0.2, -0.15) is 0 Å². The standard InChI is InChI=1S/C32H41BrN2O.2C2H6/c1-6-20(4)29(24-15-16-24)31(32(34)36)35(21(5)7-2)19-22-13-14-25-18-28(30(33)27(25)17-22)26-12-10-9-11-23(26)8-3;2*1-2/h9-14,17,20,24,29,31H,5-8,15-16,18-19H2,1-4H3,(H2,34,36);2*1-2H3. The predicted octanol–water partition coefficient (Wildman–Crippen LogP) is 9.77. The summed E-state index contributed by atoms with van der Waals surface area (Å²) in [5, 5.41) is 0. The lowest BCUT2D eigenvalue weighted by Gasteiger charge is -2.40. The molecule has 0 heterocycles. The summed E-state index contributed by atoms with van der Waals surface area (Å²) in [6.45, 7) is 21.8. The zero-order valence-electron chi connectivity index (χ0n) is 26.3. The van der Waals surface area contributed by atoms with Gasteiger partial charge in [0.2, 0.25) is 5.91 Å². The molecule has 2 aromatic carbocycles. The summed E-state index contributed by atoms with van der Waals surface area (Å²) in [6, 6.07) is 15.2. The number of hydrogen-bond donors (Lipinski definition) is 1. The van der Waals surface area contributed by atoms with Gasteiger partial charge in [0.05, 0.1) is 0 Å². The third kappa shape index (κ3) is 7.69. The monoisotopic (exact) mass is 608 g/mol. The second-order valence-electron chi connectivity index (χ2n) is 10.7. The predicted molar refractivity (Wildman–Crippen MR) is 178 cm³/mol. The molecule has 0 radical (unpaired) electrons. The highest BCUT2D eigenvalue weighted by Gasteiger charge is 2.44. The molecule has 3 unspecified atom stereocenters.